The van der Waals surface area contributed by atoms with Crippen molar-refractivity contribution in [3.05, 3.63) is 58.2 Å². The zero-order valence-electron chi connectivity index (χ0n) is 33.1. The molecular weight excluding hydrogens is 739 g/mol. The molecule has 4 aromatic rings. The van der Waals surface area contributed by atoms with E-state index in [1.54, 1.807) is 13.3 Å². The topological polar surface area (TPSA) is 128 Å². The molecule has 3 fully saturated rings. The zero-order chi connectivity index (χ0) is 40.1. The van der Waals surface area contributed by atoms with E-state index in [1.807, 2.05) is 52.1 Å². The van der Waals surface area contributed by atoms with Gasteiger partial charge in [0.15, 0.2) is 0 Å². The zero-order valence-corrected chi connectivity index (χ0v) is 33.9. The second-order valence-corrected chi connectivity index (χ2v) is 18.2. The van der Waals surface area contributed by atoms with E-state index >= 15 is 8.78 Å². The summed E-state index contributed by atoms with van der Waals surface area (Å²) >= 11 is 1.37. The Balaban J connectivity index is 1.26. The molecule has 298 valence electrons. The van der Waals surface area contributed by atoms with Crippen LogP contribution in [0.2, 0.25) is 0 Å². The number of thiazole rings is 1. The first-order valence-electron chi connectivity index (χ1n) is 19.5. The number of nitrogens with one attached hydrogen (secondary N) is 2. The number of ether oxygens (including phenoxy) is 2. The molecule has 6 bridgehead atoms. The molecule has 56 heavy (non-hydrogen) atoms. The maximum absolute atomic E-state index is 15.7. The molecule has 7 atom stereocenters. The molecule has 11 nitrogen and oxygen atoms in total. The Kier molecular flexibility index (Phi) is 9.44. The van der Waals surface area contributed by atoms with E-state index in [4.69, 9.17) is 19.4 Å². The molecule has 2 aliphatic heterocycles. The third-order valence-electron chi connectivity index (χ3n) is 12.9. The van der Waals surface area contributed by atoms with Crippen LogP contribution in [0.15, 0.2) is 41.9 Å². The highest BCUT2D eigenvalue weighted by Crippen LogP contribution is 2.68. The lowest BCUT2D eigenvalue weighted by atomic mass is 9.84. The van der Waals surface area contributed by atoms with Crippen molar-refractivity contribution in [3.63, 3.8) is 0 Å². The number of hydrogen-bond donors (Lipinski definition) is 2. The van der Waals surface area contributed by atoms with Crippen molar-refractivity contribution in [1.82, 2.24) is 30.3 Å². The summed E-state index contributed by atoms with van der Waals surface area (Å²) in [5.41, 5.74) is 6.88. The number of esters is 1. The van der Waals surface area contributed by atoms with Crippen LogP contribution in [0.4, 0.5) is 8.78 Å². The first-order valence-corrected chi connectivity index (χ1v) is 20.4. The molecular formula is C42H50F2N6O5S. The van der Waals surface area contributed by atoms with Gasteiger partial charge in [-0.15, -0.1) is 11.3 Å². The molecule has 1 saturated heterocycles. The molecule has 1 aromatic carbocycles. The van der Waals surface area contributed by atoms with E-state index in [1.165, 1.54) is 18.3 Å². The summed E-state index contributed by atoms with van der Waals surface area (Å²) in [7, 11) is 1.66. The molecule has 3 aromatic heterocycles. The Morgan fingerprint density at radius 3 is 2.62 bits per heavy atom. The summed E-state index contributed by atoms with van der Waals surface area (Å²) < 4.78 is 45.3. The van der Waals surface area contributed by atoms with Gasteiger partial charge in [-0.3, -0.25) is 24.4 Å². The van der Waals surface area contributed by atoms with Crippen LogP contribution in [0, 0.1) is 34.5 Å². The number of methoxy groups -OCH3 is 1. The Hall–Kier alpha value is -4.27. The van der Waals surface area contributed by atoms with E-state index in [2.05, 4.69) is 40.4 Å². The van der Waals surface area contributed by atoms with Crippen LogP contribution in [-0.2, 0) is 43.2 Å². The number of amides is 2. The van der Waals surface area contributed by atoms with Crippen LogP contribution in [0.3, 0.4) is 0 Å². The van der Waals surface area contributed by atoms with Crippen LogP contribution in [0.25, 0.3) is 33.4 Å². The molecule has 14 heteroatoms. The van der Waals surface area contributed by atoms with Crippen molar-refractivity contribution in [1.29, 1.82) is 0 Å². The molecule has 5 heterocycles. The number of aryl methyl sites for hydroxylation is 1. The van der Waals surface area contributed by atoms with E-state index in [0.29, 0.717) is 18.0 Å². The minimum atomic E-state index is -3.22. The van der Waals surface area contributed by atoms with Gasteiger partial charge >= 0.3 is 5.97 Å². The van der Waals surface area contributed by atoms with E-state index < -0.39 is 46.6 Å². The Labute approximate surface area is 329 Å². The number of benzene rings is 1. The summed E-state index contributed by atoms with van der Waals surface area (Å²) in [6.07, 6.45) is 1.99. The fourth-order valence-electron chi connectivity index (χ4n) is 9.19. The first-order chi connectivity index (χ1) is 26.5. The predicted molar refractivity (Wildman–Crippen MR) is 208 cm³/mol. The van der Waals surface area contributed by atoms with Crippen LogP contribution in [0.5, 0.6) is 0 Å². The van der Waals surface area contributed by atoms with E-state index in [-0.39, 0.29) is 49.3 Å². The van der Waals surface area contributed by atoms with Gasteiger partial charge in [0.1, 0.15) is 12.1 Å². The summed E-state index contributed by atoms with van der Waals surface area (Å²) in [5.74, 6) is -6.22. The number of rotatable bonds is 6. The minimum Gasteiger partial charge on any atom is -0.464 e. The van der Waals surface area contributed by atoms with Crippen LogP contribution < -0.4 is 10.7 Å². The van der Waals surface area contributed by atoms with Crippen molar-refractivity contribution in [2.24, 2.45) is 34.5 Å². The van der Waals surface area contributed by atoms with Crippen molar-refractivity contribution < 1.29 is 32.6 Å². The molecule has 2 aliphatic carbocycles. The normalized spacial score (nSPS) is 29.9. The predicted octanol–water partition coefficient (Wildman–Crippen LogP) is 6.60. The molecule has 2 N–H and O–H groups in total. The highest BCUT2D eigenvalue weighted by molar-refractivity contribution is 7.10. The van der Waals surface area contributed by atoms with Crippen molar-refractivity contribution in [2.75, 3.05) is 20.3 Å². The van der Waals surface area contributed by atoms with Gasteiger partial charge in [-0.1, -0.05) is 40.7 Å². The third-order valence-corrected chi connectivity index (χ3v) is 13.8. The van der Waals surface area contributed by atoms with Gasteiger partial charge in [-0.25, -0.2) is 19.2 Å². The first kappa shape index (κ1) is 38.6. The van der Waals surface area contributed by atoms with Gasteiger partial charge in [0.25, 0.3) is 11.8 Å². The smallest absolute Gasteiger partial charge is 0.325 e. The largest absolute Gasteiger partial charge is 0.464 e. The number of carbonyl (C=O) groups excluding carboxylic acids is 3. The molecule has 2 amide bonds. The number of aromatic nitrogens is 3. The lowest BCUT2D eigenvalue weighted by Gasteiger charge is -2.37. The van der Waals surface area contributed by atoms with Gasteiger partial charge in [0, 0.05) is 71.6 Å². The number of alkyl halides is 2. The Morgan fingerprint density at radius 2 is 1.93 bits per heavy atom. The maximum Gasteiger partial charge on any atom is 0.325 e. The summed E-state index contributed by atoms with van der Waals surface area (Å²) in [5, 5.41) is 7.59. The molecule has 2 saturated carbocycles. The maximum atomic E-state index is 15.7. The van der Waals surface area contributed by atoms with E-state index in [0.717, 1.165) is 49.7 Å². The number of pyridine rings is 1. The third kappa shape index (κ3) is 6.23. The van der Waals surface area contributed by atoms with Gasteiger partial charge in [0.2, 0.25) is 5.91 Å². The van der Waals surface area contributed by atoms with Crippen molar-refractivity contribution in [3.8, 4) is 22.5 Å². The van der Waals surface area contributed by atoms with Gasteiger partial charge in [-0.2, -0.15) is 0 Å². The molecule has 7 unspecified atom stereocenters. The number of hydrazine groups is 1. The van der Waals surface area contributed by atoms with Crippen LogP contribution in [-0.4, -0.2) is 75.6 Å². The second kappa shape index (κ2) is 13.7. The molecule has 0 spiro atoms. The number of fused-ring (bicyclic) bond motifs is 8. The monoisotopic (exact) mass is 788 g/mol. The lowest BCUT2D eigenvalue weighted by molar-refractivity contribution is -0.157. The number of carbonyl (C=O) groups is 3. The fraction of sp³-hybridized carbons (Fsp3) is 0.548. The quantitative estimate of drug-likeness (QED) is 0.210. The summed E-state index contributed by atoms with van der Waals surface area (Å²) in [4.78, 5) is 51.5. The van der Waals surface area contributed by atoms with Gasteiger partial charge in [-0.05, 0) is 61.9 Å². The van der Waals surface area contributed by atoms with Crippen molar-refractivity contribution in [2.45, 2.75) is 92.0 Å². The Bertz CT molecular complexity index is 2230. The van der Waals surface area contributed by atoms with Crippen LogP contribution >= 0.6 is 11.3 Å². The average Bonchev–Trinajstić information content (AvgIpc) is 3.65. The molecule has 4 aliphatic rings. The van der Waals surface area contributed by atoms with Gasteiger partial charge in [0.05, 0.1) is 46.1 Å². The molecule has 0 radical (unpaired) electrons. The number of nitrogens with zero attached hydrogens (tertiary/aromatic N) is 4. The van der Waals surface area contributed by atoms with Crippen molar-refractivity contribution >= 4 is 40.0 Å². The second-order valence-electron chi connectivity index (χ2n) is 17.3. The highest BCUT2D eigenvalue weighted by atomic mass is 32.1. The SMILES string of the molecule is CCn1c(-c2cccnc2C(C)OC)c2c3cc(ccc31)-c1csc(n1)CC(NC(=O)C1C(C)C1C)C(=O)N1CC3(C)C(C(N1)C(=O)OCC(C)(C)C2)C3(F)F. The number of halogens is 2. The minimum absolute atomic E-state index is 0.0497. The summed E-state index contributed by atoms with van der Waals surface area (Å²) in [6, 6.07) is 7.66. The fourth-order valence-corrected chi connectivity index (χ4v) is 10.0. The molecule has 8 rings (SSSR count). The Morgan fingerprint density at radius 1 is 1.18 bits per heavy atom. The van der Waals surface area contributed by atoms with Crippen LogP contribution in [0.1, 0.15) is 70.8 Å². The summed E-state index contributed by atoms with van der Waals surface area (Å²) in [6.45, 7) is 13.7. The standard InChI is InChI=1S/C42H50F2N6O5S/c1-9-49-30-13-12-24-15-26(30)27(35(49)25-11-10-14-45-33(25)23(4)54-8)17-40(5,6)20-55-39(53)34-36-41(7,42(36,43)44)19-50(48-34)38(52)28(16-31-46-29(24)18-56-31)47-37(51)32-21(2)22(32)3/h10-15,18,21-23,28,32,34,36,48H,9,16-17,19-20H2,1-8H3,(H,47,51). The van der Waals surface area contributed by atoms with Gasteiger partial charge < -0.3 is 19.4 Å². The van der Waals surface area contributed by atoms with E-state index in [9.17, 15) is 14.4 Å². The highest BCUT2D eigenvalue weighted by Gasteiger charge is 2.83. The number of hydrogen-bond acceptors (Lipinski definition) is 9. The average molecular weight is 789 g/mol. The number of cyclic esters (lactones) is 1. The lowest BCUT2D eigenvalue weighted by Crippen LogP contribution is -2.62.